The van der Waals surface area contributed by atoms with Crippen LogP contribution in [0.5, 0.6) is 5.75 Å². The molecule has 0 amide bonds. The van der Waals surface area contributed by atoms with Gasteiger partial charge in [0.25, 0.3) is 0 Å². The minimum atomic E-state index is -4.43. The van der Waals surface area contributed by atoms with Crippen LogP contribution in [-0.2, 0) is 10.9 Å². The Bertz CT molecular complexity index is 678. The molecule has 6 nitrogen and oxygen atoms in total. The van der Waals surface area contributed by atoms with Crippen molar-refractivity contribution in [3.8, 4) is 5.75 Å². The van der Waals surface area contributed by atoms with Gasteiger partial charge in [-0.25, -0.2) is 4.99 Å². The van der Waals surface area contributed by atoms with E-state index in [1.54, 1.807) is 0 Å². The molecular weight excluding hydrogens is 385 g/mol. The van der Waals surface area contributed by atoms with Crippen LogP contribution in [0.25, 0.3) is 0 Å². The standard InChI is InChI=1S/C20H29F3N4O2/c1-2-24-19(27-9-7-16(15-27)26-10-13-28-14-11-26)25-8-12-29-18-6-4-3-5-17(18)20(21,22)23/h3-6,16H,2,7-15H2,1H3,(H,24,25). The van der Waals surface area contributed by atoms with Crippen LogP contribution in [0.3, 0.4) is 0 Å². The summed E-state index contributed by atoms with van der Waals surface area (Å²) < 4.78 is 49.9. The van der Waals surface area contributed by atoms with Crippen LogP contribution in [-0.4, -0.2) is 80.9 Å². The Hall–Kier alpha value is -2.00. The Morgan fingerprint density at radius 2 is 2.00 bits per heavy atom. The molecule has 0 spiro atoms. The molecular formula is C20H29F3N4O2. The van der Waals surface area contributed by atoms with Crippen LogP contribution < -0.4 is 10.1 Å². The number of hydrogen-bond acceptors (Lipinski definition) is 4. The molecule has 0 radical (unpaired) electrons. The maximum absolute atomic E-state index is 13.0. The number of halogens is 3. The molecule has 29 heavy (non-hydrogen) atoms. The van der Waals surface area contributed by atoms with Gasteiger partial charge in [0.2, 0.25) is 0 Å². The number of guanidine groups is 1. The summed E-state index contributed by atoms with van der Waals surface area (Å²) in [6.07, 6.45) is -3.36. The third-order valence-corrected chi connectivity index (χ3v) is 5.16. The number of nitrogens with one attached hydrogen (secondary N) is 1. The van der Waals surface area contributed by atoms with Crippen LogP contribution in [0.4, 0.5) is 13.2 Å². The van der Waals surface area contributed by atoms with Crippen LogP contribution in [0.2, 0.25) is 0 Å². The van der Waals surface area contributed by atoms with Gasteiger partial charge in [-0.2, -0.15) is 13.2 Å². The lowest BCUT2D eigenvalue weighted by atomic mass is 10.2. The van der Waals surface area contributed by atoms with Gasteiger partial charge in [-0.15, -0.1) is 0 Å². The predicted molar refractivity (Wildman–Crippen MR) is 105 cm³/mol. The first-order chi connectivity index (χ1) is 14.0. The molecule has 0 bridgehead atoms. The van der Waals surface area contributed by atoms with Crippen molar-refractivity contribution in [3.63, 3.8) is 0 Å². The van der Waals surface area contributed by atoms with E-state index < -0.39 is 11.7 Å². The fraction of sp³-hybridized carbons (Fsp3) is 0.650. The lowest BCUT2D eigenvalue weighted by Gasteiger charge is -2.32. The van der Waals surface area contributed by atoms with Gasteiger partial charge in [0.15, 0.2) is 5.96 Å². The van der Waals surface area contributed by atoms with Crippen molar-refractivity contribution in [2.45, 2.75) is 25.6 Å². The first-order valence-corrected chi connectivity index (χ1v) is 10.1. The van der Waals surface area contributed by atoms with Gasteiger partial charge in [0.05, 0.1) is 25.3 Å². The average molecular weight is 414 g/mol. The number of alkyl halides is 3. The van der Waals surface area contributed by atoms with Crippen molar-refractivity contribution in [3.05, 3.63) is 29.8 Å². The van der Waals surface area contributed by atoms with Crippen LogP contribution in [0.15, 0.2) is 29.3 Å². The van der Waals surface area contributed by atoms with Gasteiger partial charge in [-0.3, -0.25) is 4.90 Å². The summed E-state index contributed by atoms with van der Waals surface area (Å²) in [5.74, 6) is 0.629. The molecule has 0 aromatic heterocycles. The fourth-order valence-corrected chi connectivity index (χ4v) is 3.73. The third kappa shape index (κ3) is 5.99. The molecule has 2 heterocycles. The fourth-order valence-electron chi connectivity index (χ4n) is 3.73. The molecule has 3 rings (SSSR count). The second kappa shape index (κ2) is 10.2. The number of aliphatic imine (C=N–C) groups is 1. The number of rotatable bonds is 6. The van der Waals surface area contributed by atoms with E-state index in [9.17, 15) is 13.2 Å². The van der Waals surface area contributed by atoms with Crippen LogP contribution in [0.1, 0.15) is 18.9 Å². The van der Waals surface area contributed by atoms with E-state index in [1.807, 2.05) is 6.92 Å². The molecule has 1 unspecified atom stereocenters. The number of hydrogen-bond donors (Lipinski definition) is 1. The van der Waals surface area contributed by atoms with Crippen molar-refractivity contribution >= 4 is 5.96 Å². The number of likely N-dealkylation sites (tertiary alicyclic amines) is 1. The van der Waals surface area contributed by atoms with Gasteiger partial charge in [0.1, 0.15) is 12.4 Å². The van der Waals surface area contributed by atoms with Crippen molar-refractivity contribution in [1.29, 1.82) is 0 Å². The highest BCUT2D eigenvalue weighted by Gasteiger charge is 2.34. The smallest absolute Gasteiger partial charge is 0.419 e. The quantitative estimate of drug-likeness (QED) is 0.440. The minimum absolute atomic E-state index is 0.0860. The van der Waals surface area contributed by atoms with E-state index in [4.69, 9.17) is 9.47 Å². The molecule has 2 aliphatic rings. The average Bonchev–Trinajstić information content (AvgIpc) is 3.21. The monoisotopic (exact) mass is 414 g/mol. The highest BCUT2D eigenvalue weighted by molar-refractivity contribution is 5.80. The van der Waals surface area contributed by atoms with Gasteiger partial charge in [-0.05, 0) is 25.5 Å². The Morgan fingerprint density at radius 3 is 2.72 bits per heavy atom. The number of morpholine rings is 1. The van der Waals surface area contributed by atoms with Crippen molar-refractivity contribution < 1.29 is 22.6 Å². The van der Waals surface area contributed by atoms with Crippen molar-refractivity contribution in [2.24, 2.45) is 4.99 Å². The predicted octanol–water partition coefficient (Wildman–Crippen LogP) is 2.46. The van der Waals surface area contributed by atoms with Crippen LogP contribution >= 0.6 is 0 Å². The largest absolute Gasteiger partial charge is 0.491 e. The maximum atomic E-state index is 13.0. The van der Waals surface area contributed by atoms with Crippen LogP contribution in [0, 0.1) is 0 Å². The Balaban J connectivity index is 1.54. The minimum Gasteiger partial charge on any atom is -0.491 e. The summed E-state index contributed by atoms with van der Waals surface area (Å²) in [6.45, 7) is 8.38. The van der Waals surface area contributed by atoms with E-state index >= 15 is 0 Å². The van der Waals surface area contributed by atoms with E-state index in [-0.39, 0.29) is 18.9 Å². The zero-order chi connectivity index (χ0) is 20.7. The summed E-state index contributed by atoms with van der Waals surface area (Å²) in [5, 5.41) is 3.28. The number of para-hydroxylation sites is 1. The zero-order valence-corrected chi connectivity index (χ0v) is 16.7. The Labute approximate surface area is 169 Å². The molecule has 0 aliphatic carbocycles. The number of ether oxygens (including phenoxy) is 2. The normalized spacial score (nSPS) is 21.4. The summed E-state index contributed by atoms with van der Waals surface area (Å²) >= 11 is 0. The summed E-state index contributed by atoms with van der Waals surface area (Å²) in [4.78, 5) is 9.24. The first kappa shape index (κ1) is 21.7. The highest BCUT2D eigenvalue weighted by Crippen LogP contribution is 2.35. The summed E-state index contributed by atoms with van der Waals surface area (Å²) in [6, 6.07) is 5.74. The van der Waals surface area contributed by atoms with E-state index in [2.05, 4.69) is 20.1 Å². The van der Waals surface area contributed by atoms with Gasteiger partial charge in [0, 0.05) is 38.8 Å². The molecule has 2 saturated heterocycles. The van der Waals surface area contributed by atoms with Crippen molar-refractivity contribution in [2.75, 3.05) is 59.1 Å². The zero-order valence-electron chi connectivity index (χ0n) is 16.7. The molecule has 162 valence electrons. The molecule has 0 saturated carbocycles. The maximum Gasteiger partial charge on any atom is 0.419 e. The summed E-state index contributed by atoms with van der Waals surface area (Å²) in [5.41, 5.74) is -0.760. The lowest BCUT2D eigenvalue weighted by molar-refractivity contribution is -0.138. The van der Waals surface area contributed by atoms with Gasteiger partial charge >= 0.3 is 6.18 Å². The Morgan fingerprint density at radius 1 is 1.24 bits per heavy atom. The molecule has 1 aromatic rings. The summed E-state index contributed by atoms with van der Waals surface area (Å²) in [7, 11) is 0. The highest BCUT2D eigenvalue weighted by atomic mass is 19.4. The SMILES string of the molecule is CCNC(=NCCOc1ccccc1C(F)(F)F)N1CCC(N2CCOCC2)C1. The van der Waals surface area contributed by atoms with E-state index in [0.717, 1.165) is 64.4 Å². The lowest BCUT2D eigenvalue weighted by Crippen LogP contribution is -2.46. The van der Waals surface area contributed by atoms with E-state index in [1.165, 1.54) is 18.2 Å². The van der Waals surface area contributed by atoms with Gasteiger partial charge in [-0.1, -0.05) is 12.1 Å². The molecule has 2 fully saturated rings. The van der Waals surface area contributed by atoms with Gasteiger partial charge < -0.3 is 19.7 Å². The molecule has 1 N–H and O–H groups in total. The molecule has 1 aromatic carbocycles. The number of benzene rings is 1. The van der Waals surface area contributed by atoms with E-state index in [0.29, 0.717) is 6.04 Å². The molecule has 9 heteroatoms. The Kier molecular flexibility index (Phi) is 7.60. The van der Waals surface area contributed by atoms with Crippen molar-refractivity contribution in [1.82, 2.24) is 15.1 Å². The first-order valence-electron chi connectivity index (χ1n) is 10.1. The second-order valence-corrected chi connectivity index (χ2v) is 7.11. The topological polar surface area (TPSA) is 49.3 Å². The molecule has 1 atom stereocenters. The third-order valence-electron chi connectivity index (χ3n) is 5.16. The second-order valence-electron chi connectivity index (χ2n) is 7.11. The molecule has 2 aliphatic heterocycles. The number of nitrogens with zero attached hydrogens (tertiary/aromatic N) is 3.